The minimum atomic E-state index is -0.246. The van der Waals surface area contributed by atoms with Crippen LogP contribution in [0.3, 0.4) is 0 Å². The van der Waals surface area contributed by atoms with Crippen LogP contribution in [0.4, 0.5) is 0 Å². The molecule has 6 aliphatic rings. The van der Waals surface area contributed by atoms with Crippen LogP contribution < -0.4 is 0 Å². The predicted octanol–water partition coefficient (Wildman–Crippen LogP) is 4.04. The van der Waals surface area contributed by atoms with Crippen molar-refractivity contribution in [3.8, 4) is 0 Å². The molecule has 6 saturated carbocycles. The summed E-state index contributed by atoms with van der Waals surface area (Å²) in [5.41, 5.74) is 1.12. The summed E-state index contributed by atoms with van der Waals surface area (Å²) in [5, 5.41) is 10.4. The predicted molar refractivity (Wildman–Crippen MR) is 68.7 cm³/mol. The molecule has 1 nitrogen and oxygen atoms in total. The van der Waals surface area contributed by atoms with Gasteiger partial charge in [-0.2, -0.15) is 0 Å². The van der Waals surface area contributed by atoms with E-state index in [2.05, 4.69) is 0 Å². The molecule has 0 aliphatic heterocycles. The van der Waals surface area contributed by atoms with Crippen LogP contribution >= 0.6 is 0 Å². The Labute approximate surface area is 105 Å². The lowest BCUT2D eigenvalue weighted by Gasteiger charge is -2.64. The maximum atomic E-state index is 10.4. The zero-order chi connectivity index (χ0) is 11.6. The number of hydrogen-bond acceptors (Lipinski definition) is 1. The number of hydrogen-bond donors (Lipinski definition) is 1. The van der Waals surface area contributed by atoms with Crippen molar-refractivity contribution in [1.82, 2.24) is 0 Å². The van der Waals surface area contributed by atoms with Crippen LogP contribution in [0.5, 0.6) is 0 Å². The lowest BCUT2D eigenvalue weighted by Crippen LogP contribution is -2.56. The molecule has 96 valence electrons. The van der Waals surface area contributed by atoms with Crippen LogP contribution in [0.15, 0.2) is 0 Å². The molecule has 6 rings (SSSR count). The van der Waals surface area contributed by atoms with E-state index in [-0.39, 0.29) is 5.60 Å². The van der Waals surface area contributed by atoms with Crippen LogP contribution in [-0.4, -0.2) is 10.7 Å². The molecule has 6 aliphatic carbocycles. The van der Waals surface area contributed by atoms with Crippen molar-refractivity contribution in [1.29, 1.82) is 0 Å². The standard InChI is InChI=1S/C16H26O/c17-16-10-7-15(8-11-16,9-12-16)14-4-1-13(2-5-14)3-6-14/h13,17H,1-12H2. The Kier molecular flexibility index (Phi) is 2.10. The molecular weight excluding hydrogens is 208 g/mol. The molecule has 0 heterocycles. The van der Waals surface area contributed by atoms with Gasteiger partial charge >= 0.3 is 0 Å². The van der Waals surface area contributed by atoms with Crippen molar-refractivity contribution >= 4 is 0 Å². The van der Waals surface area contributed by atoms with Crippen molar-refractivity contribution in [3.63, 3.8) is 0 Å². The third-order valence-corrected chi connectivity index (χ3v) is 7.43. The van der Waals surface area contributed by atoms with Crippen molar-refractivity contribution < 1.29 is 5.11 Å². The number of fused-ring (bicyclic) bond motifs is 6. The Morgan fingerprint density at radius 3 is 1.47 bits per heavy atom. The highest BCUT2D eigenvalue weighted by atomic mass is 16.3. The van der Waals surface area contributed by atoms with Crippen molar-refractivity contribution in [3.05, 3.63) is 0 Å². The van der Waals surface area contributed by atoms with Gasteiger partial charge in [0.05, 0.1) is 5.60 Å². The van der Waals surface area contributed by atoms with Gasteiger partial charge in [0.1, 0.15) is 0 Å². The first kappa shape index (κ1) is 10.8. The van der Waals surface area contributed by atoms with E-state index < -0.39 is 0 Å². The molecule has 0 aromatic heterocycles. The van der Waals surface area contributed by atoms with E-state index in [1.165, 1.54) is 57.8 Å². The Bertz CT molecular complexity index is 286. The van der Waals surface area contributed by atoms with E-state index in [0.29, 0.717) is 10.8 Å². The van der Waals surface area contributed by atoms with Gasteiger partial charge in [-0.1, -0.05) is 0 Å². The van der Waals surface area contributed by atoms with E-state index in [0.717, 1.165) is 25.2 Å². The average molecular weight is 234 g/mol. The van der Waals surface area contributed by atoms with Gasteiger partial charge in [0.2, 0.25) is 0 Å². The molecule has 0 atom stereocenters. The lowest BCUT2D eigenvalue weighted by molar-refractivity contribution is -0.169. The fourth-order valence-corrected chi connectivity index (χ4v) is 6.01. The zero-order valence-electron chi connectivity index (χ0n) is 11.0. The summed E-state index contributed by atoms with van der Waals surface area (Å²) in [7, 11) is 0. The summed E-state index contributed by atoms with van der Waals surface area (Å²) >= 11 is 0. The number of aliphatic hydroxyl groups is 1. The van der Waals surface area contributed by atoms with Gasteiger partial charge < -0.3 is 5.11 Å². The SMILES string of the molecule is OC12CCC(C34CCC(CC3)CC4)(CC1)CC2. The van der Waals surface area contributed by atoms with E-state index in [1.54, 1.807) is 0 Å². The van der Waals surface area contributed by atoms with Crippen LogP contribution in [0.25, 0.3) is 0 Å². The molecule has 6 fully saturated rings. The van der Waals surface area contributed by atoms with Crippen LogP contribution in [0, 0.1) is 16.7 Å². The third-order valence-electron chi connectivity index (χ3n) is 7.43. The molecule has 0 radical (unpaired) electrons. The van der Waals surface area contributed by atoms with E-state index >= 15 is 0 Å². The minimum absolute atomic E-state index is 0.246. The Morgan fingerprint density at radius 2 is 1.00 bits per heavy atom. The van der Waals surface area contributed by atoms with Gasteiger partial charge in [-0.25, -0.2) is 0 Å². The molecule has 0 spiro atoms. The zero-order valence-corrected chi connectivity index (χ0v) is 11.0. The van der Waals surface area contributed by atoms with Crippen LogP contribution in [-0.2, 0) is 0 Å². The fraction of sp³-hybridized carbons (Fsp3) is 1.00. The maximum Gasteiger partial charge on any atom is 0.0648 e. The van der Waals surface area contributed by atoms with E-state index in [1.807, 2.05) is 0 Å². The van der Waals surface area contributed by atoms with Gasteiger partial charge in [0.25, 0.3) is 0 Å². The largest absolute Gasteiger partial charge is 0.390 e. The highest BCUT2D eigenvalue weighted by Gasteiger charge is 2.59. The average Bonchev–Trinajstić information content (AvgIpc) is 2.42. The van der Waals surface area contributed by atoms with Crippen molar-refractivity contribution in [2.45, 2.75) is 82.7 Å². The van der Waals surface area contributed by atoms with Crippen LogP contribution in [0.1, 0.15) is 77.0 Å². The van der Waals surface area contributed by atoms with E-state index in [9.17, 15) is 5.11 Å². The van der Waals surface area contributed by atoms with Gasteiger partial charge in [-0.3, -0.25) is 0 Å². The second kappa shape index (κ2) is 3.29. The molecule has 17 heavy (non-hydrogen) atoms. The summed E-state index contributed by atoms with van der Waals surface area (Å²) in [6.45, 7) is 0. The first-order chi connectivity index (χ1) is 8.16. The molecule has 0 unspecified atom stereocenters. The van der Waals surface area contributed by atoms with Gasteiger partial charge in [0.15, 0.2) is 0 Å². The smallest absolute Gasteiger partial charge is 0.0648 e. The fourth-order valence-electron chi connectivity index (χ4n) is 6.01. The monoisotopic (exact) mass is 234 g/mol. The van der Waals surface area contributed by atoms with Crippen molar-refractivity contribution in [2.75, 3.05) is 0 Å². The quantitative estimate of drug-likeness (QED) is 0.726. The lowest BCUT2D eigenvalue weighted by atomic mass is 9.42. The first-order valence-electron chi connectivity index (χ1n) is 7.88. The molecule has 0 amide bonds. The summed E-state index contributed by atoms with van der Waals surface area (Å²) in [6.07, 6.45) is 16.5. The number of rotatable bonds is 1. The highest BCUT2D eigenvalue weighted by Crippen LogP contribution is 2.68. The second-order valence-corrected chi connectivity index (χ2v) is 7.77. The molecule has 0 aromatic rings. The second-order valence-electron chi connectivity index (χ2n) is 7.77. The summed E-state index contributed by atoms with van der Waals surface area (Å²) in [4.78, 5) is 0. The van der Waals surface area contributed by atoms with Crippen molar-refractivity contribution in [2.24, 2.45) is 16.7 Å². The summed E-state index contributed by atoms with van der Waals surface area (Å²) in [5.74, 6) is 1.08. The van der Waals surface area contributed by atoms with E-state index in [4.69, 9.17) is 0 Å². The molecular formula is C16H26O. The third kappa shape index (κ3) is 1.35. The topological polar surface area (TPSA) is 20.2 Å². The molecule has 4 bridgehead atoms. The minimum Gasteiger partial charge on any atom is -0.390 e. The molecule has 1 heteroatoms. The maximum absolute atomic E-state index is 10.4. The van der Waals surface area contributed by atoms with Crippen LogP contribution in [0.2, 0.25) is 0 Å². The molecule has 0 aromatic carbocycles. The summed E-state index contributed by atoms with van der Waals surface area (Å²) < 4.78 is 0. The Morgan fingerprint density at radius 1 is 0.588 bits per heavy atom. The van der Waals surface area contributed by atoms with Gasteiger partial charge in [0, 0.05) is 0 Å². The molecule has 0 saturated heterocycles. The Balaban J connectivity index is 1.65. The normalized spacial score (nSPS) is 57.4. The first-order valence-corrected chi connectivity index (χ1v) is 7.88. The molecule has 1 N–H and O–H groups in total. The van der Waals surface area contributed by atoms with Gasteiger partial charge in [-0.15, -0.1) is 0 Å². The highest BCUT2D eigenvalue weighted by molar-refractivity contribution is 5.10. The Hall–Kier alpha value is -0.0400. The summed E-state index contributed by atoms with van der Waals surface area (Å²) in [6, 6.07) is 0. The van der Waals surface area contributed by atoms with Gasteiger partial charge in [-0.05, 0) is 93.8 Å².